The Labute approximate surface area is 93.2 Å². The van der Waals surface area contributed by atoms with E-state index < -0.39 is 0 Å². The van der Waals surface area contributed by atoms with Crippen molar-refractivity contribution < 1.29 is 14.3 Å². The molecule has 0 heterocycles. The first kappa shape index (κ1) is 16.6. The minimum absolute atomic E-state index is 0.139. The second-order valence-electron chi connectivity index (χ2n) is 5.55. The van der Waals surface area contributed by atoms with Gasteiger partial charge in [-0.2, -0.15) is 0 Å². The van der Waals surface area contributed by atoms with Crippen LogP contribution in [0.25, 0.3) is 0 Å². The number of hydrogen-bond donors (Lipinski definition) is 0. The zero-order valence-corrected chi connectivity index (χ0v) is 11.2. The minimum atomic E-state index is -0.352. The van der Waals surface area contributed by atoms with Crippen molar-refractivity contribution in [3.63, 3.8) is 0 Å². The molecule has 0 radical (unpaired) electrons. The van der Waals surface area contributed by atoms with Crippen LogP contribution in [-0.2, 0) is 14.3 Å². The van der Waals surface area contributed by atoms with Gasteiger partial charge in [0.05, 0.1) is 12.5 Å². The molecule has 0 amide bonds. The van der Waals surface area contributed by atoms with Gasteiger partial charge in [-0.3, -0.25) is 9.59 Å². The molecule has 0 spiro atoms. The quantitative estimate of drug-likeness (QED) is 0.585. The summed E-state index contributed by atoms with van der Waals surface area (Å²) in [6.45, 7) is 12.8. The van der Waals surface area contributed by atoms with Crippen molar-refractivity contribution >= 4 is 11.8 Å². The maximum absolute atomic E-state index is 10.6. The molecule has 0 atom stereocenters. The fourth-order valence-corrected chi connectivity index (χ4v) is 0.306. The number of Topliss-reactive ketones (excluding diaryl/α,β-unsaturated/α-hetero) is 1. The summed E-state index contributed by atoms with van der Waals surface area (Å²) in [5.74, 6) is 0.0741. The largest absolute Gasteiger partial charge is 0.469 e. The van der Waals surface area contributed by atoms with Gasteiger partial charge >= 0.3 is 5.97 Å². The highest BCUT2D eigenvalue weighted by molar-refractivity contribution is 5.80. The van der Waals surface area contributed by atoms with Crippen molar-refractivity contribution in [1.82, 2.24) is 0 Å². The van der Waals surface area contributed by atoms with Crippen LogP contribution in [0.2, 0.25) is 0 Å². The Hall–Kier alpha value is -0.860. The van der Waals surface area contributed by atoms with Crippen molar-refractivity contribution in [2.75, 3.05) is 7.11 Å². The van der Waals surface area contributed by atoms with Crippen LogP contribution in [0.4, 0.5) is 0 Å². The van der Waals surface area contributed by atoms with Crippen molar-refractivity contribution in [3.8, 4) is 0 Å². The fourth-order valence-electron chi connectivity index (χ4n) is 0.306. The second-order valence-corrected chi connectivity index (χ2v) is 5.55. The van der Waals surface area contributed by atoms with Crippen LogP contribution in [0, 0.1) is 10.8 Å². The van der Waals surface area contributed by atoms with E-state index >= 15 is 0 Å². The Morgan fingerprint density at radius 3 is 1.13 bits per heavy atom. The molecule has 0 aliphatic heterocycles. The third kappa shape index (κ3) is 9.44. The van der Waals surface area contributed by atoms with Crippen LogP contribution >= 0.6 is 0 Å². The van der Waals surface area contributed by atoms with Crippen molar-refractivity contribution in [3.05, 3.63) is 0 Å². The van der Waals surface area contributed by atoms with E-state index in [4.69, 9.17) is 0 Å². The van der Waals surface area contributed by atoms with E-state index in [0.29, 0.717) is 0 Å². The van der Waals surface area contributed by atoms with Gasteiger partial charge in [-0.25, -0.2) is 0 Å². The highest BCUT2D eigenvalue weighted by Crippen LogP contribution is 2.13. The lowest BCUT2D eigenvalue weighted by Gasteiger charge is -2.13. The summed E-state index contributed by atoms with van der Waals surface area (Å²) in [5.41, 5.74) is -0.491. The molecule has 0 aromatic heterocycles. The maximum Gasteiger partial charge on any atom is 0.310 e. The summed E-state index contributed by atoms with van der Waals surface area (Å²) < 4.78 is 4.48. The number of esters is 1. The summed E-state index contributed by atoms with van der Waals surface area (Å²) in [5, 5.41) is 0. The number of methoxy groups -OCH3 is 1. The van der Waals surface area contributed by atoms with Crippen LogP contribution in [0.1, 0.15) is 48.5 Å². The van der Waals surface area contributed by atoms with E-state index in [9.17, 15) is 9.59 Å². The normalized spacial score (nSPS) is 11.2. The molecule has 0 unspecified atom stereocenters. The highest BCUT2D eigenvalue weighted by Gasteiger charge is 2.21. The van der Waals surface area contributed by atoms with E-state index in [0.717, 1.165) is 0 Å². The number of hydrogen-bond acceptors (Lipinski definition) is 3. The van der Waals surface area contributed by atoms with Gasteiger partial charge in [0.15, 0.2) is 0 Å². The molecule has 90 valence electrons. The molecule has 0 aliphatic rings. The van der Waals surface area contributed by atoms with Gasteiger partial charge in [-0.1, -0.05) is 20.8 Å². The number of carbonyl (C=O) groups excluding carboxylic acids is 2. The molecule has 0 rings (SSSR count). The molecular formula is C12H24O3. The number of ether oxygens (including phenoxy) is 1. The molecule has 0 aromatic rings. The molecule has 0 N–H and O–H groups in total. The average molecular weight is 216 g/mol. The van der Waals surface area contributed by atoms with Gasteiger partial charge in [-0.05, 0) is 27.7 Å². The number of rotatable bonds is 0. The predicted molar refractivity (Wildman–Crippen MR) is 61.6 cm³/mol. The van der Waals surface area contributed by atoms with E-state index in [2.05, 4.69) is 4.74 Å². The van der Waals surface area contributed by atoms with Crippen molar-refractivity contribution in [2.45, 2.75) is 48.5 Å². The van der Waals surface area contributed by atoms with Crippen LogP contribution < -0.4 is 0 Å². The van der Waals surface area contributed by atoms with E-state index in [-0.39, 0.29) is 22.6 Å². The summed E-state index contributed by atoms with van der Waals surface area (Å²) in [4.78, 5) is 21.1. The smallest absolute Gasteiger partial charge is 0.310 e. The summed E-state index contributed by atoms with van der Waals surface area (Å²) in [6.07, 6.45) is 0. The van der Waals surface area contributed by atoms with Crippen LogP contribution in [0.15, 0.2) is 0 Å². The Balaban J connectivity index is 0. The van der Waals surface area contributed by atoms with Gasteiger partial charge < -0.3 is 4.74 Å². The first-order valence-corrected chi connectivity index (χ1v) is 5.02. The SMILES string of the molecule is CC(=O)C(C)(C)C.COC(=O)C(C)(C)C. The van der Waals surface area contributed by atoms with Gasteiger partial charge in [0.25, 0.3) is 0 Å². The van der Waals surface area contributed by atoms with Crippen LogP contribution in [0.5, 0.6) is 0 Å². The summed E-state index contributed by atoms with van der Waals surface area (Å²) in [6, 6.07) is 0. The van der Waals surface area contributed by atoms with Gasteiger partial charge in [-0.15, -0.1) is 0 Å². The first-order chi connectivity index (χ1) is 6.42. The van der Waals surface area contributed by atoms with Crippen molar-refractivity contribution in [2.24, 2.45) is 10.8 Å². The topological polar surface area (TPSA) is 43.4 Å². The molecule has 0 saturated heterocycles. The van der Waals surface area contributed by atoms with Gasteiger partial charge in [0, 0.05) is 5.41 Å². The molecule has 0 fully saturated rings. The molecule has 0 saturated carbocycles. The molecule has 0 aliphatic carbocycles. The lowest BCUT2D eigenvalue weighted by atomic mass is 9.92. The predicted octanol–water partition coefficient (Wildman–Crippen LogP) is 2.83. The highest BCUT2D eigenvalue weighted by atomic mass is 16.5. The maximum atomic E-state index is 10.6. The summed E-state index contributed by atoms with van der Waals surface area (Å²) in [7, 11) is 1.40. The van der Waals surface area contributed by atoms with E-state index in [1.165, 1.54) is 7.11 Å². The van der Waals surface area contributed by atoms with Gasteiger partial charge in [0.1, 0.15) is 5.78 Å². The minimum Gasteiger partial charge on any atom is -0.469 e. The lowest BCUT2D eigenvalue weighted by molar-refractivity contribution is -0.149. The number of carbonyl (C=O) groups is 2. The van der Waals surface area contributed by atoms with Crippen molar-refractivity contribution in [1.29, 1.82) is 0 Å². The molecule has 3 nitrogen and oxygen atoms in total. The Morgan fingerprint density at radius 2 is 1.13 bits per heavy atom. The average Bonchev–Trinajstić information content (AvgIpc) is 2.00. The zero-order valence-electron chi connectivity index (χ0n) is 11.2. The first-order valence-electron chi connectivity index (χ1n) is 5.02. The molecule has 0 aromatic carbocycles. The van der Waals surface area contributed by atoms with E-state index in [1.807, 2.05) is 41.5 Å². The molecular weight excluding hydrogens is 192 g/mol. The van der Waals surface area contributed by atoms with Crippen LogP contribution in [-0.4, -0.2) is 18.9 Å². The molecule has 3 heteroatoms. The second kappa shape index (κ2) is 5.89. The Morgan fingerprint density at radius 1 is 0.867 bits per heavy atom. The Bertz CT molecular complexity index is 216. The standard InChI is InChI=1S/C6H12O2.C6H12O/c1-6(2,3)5(7)8-4;1-5(7)6(2,3)4/h1-4H3;1-4H3. The number of ketones is 1. The third-order valence-electron chi connectivity index (χ3n) is 1.85. The fraction of sp³-hybridized carbons (Fsp3) is 0.833. The third-order valence-corrected chi connectivity index (χ3v) is 1.85. The summed E-state index contributed by atoms with van der Waals surface area (Å²) >= 11 is 0. The van der Waals surface area contributed by atoms with E-state index in [1.54, 1.807) is 6.92 Å². The molecule has 0 bridgehead atoms. The van der Waals surface area contributed by atoms with Gasteiger partial charge in [0.2, 0.25) is 0 Å². The monoisotopic (exact) mass is 216 g/mol. The zero-order chi connectivity index (χ0) is 12.9. The van der Waals surface area contributed by atoms with Crippen LogP contribution in [0.3, 0.4) is 0 Å². The molecule has 15 heavy (non-hydrogen) atoms. The Kier molecular flexibility index (Phi) is 6.50. The lowest BCUT2D eigenvalue weighted by Crippen LogP contribution is -2.21.